The minimum atomic E-state index is 1.01. The molecule has 2 rings (SSSR count). The zero-order valence-electron chi connectivity index (χ0n) is 6.91. The lowest BCUT2D eigenvalue weighted by Gasteiger charge is -2.24. The molecule has 0 aromatic rings. The van der Waals surface area contributed by atoms with Crippen LogP contribution in [0.3, 0.4) is 0 Å². The second-order valence-corrected chi connectivity index (χ2v) is 3.03. The Morgan fingerprint density at radius 1 is 1.36 bits per heavy atom. The molecule has 4 heteroatoms. The normalized spacial score (nSPS) is 23.1. The van der Waals surface area contributed by atoms with Crippen molar-refractivity contribution in [3.05, 3.63) is 11.4 Å². The number of hydrogen-bond donors (Lipinski definition) is 0. The summed E-state index contributed by atoms with van der Waals surface area (Å²) in [7, 11) is 1.94. The molecule has 0 fully saturated rings. The molecule has 2 aliphatic heterocycles. The van der Waals surface area contributed by atoms with E-state index in [1.807, 2.05) is 17.1 Å². The Labute approximate surface area is 66.1 Å². The van der Waals surface area contributed by atoms with Crippen LogP contribution in [0, 0.1) is 0 Å². The summed E-state index contributed by atoms with van der Waals surface area (Å²) in [6.07, 6.45) is 2.38. The minimum Gasteiger partial charge on any atom is -0.231 e. The topological polar surface area (TPSA) is 31.2 Å². The van der Waals surface area contributed by atoms with Gasteiger partial charge in [-0.2, -0.15) is 0 Å². The Bertz CT molecular complexity index is 231. The van der Waals surface area contributed by atoms with Crippen molar-refractivity contribution in [3.8, 4) is 0 Å². The van der Waals surface area contributed by atoms with Crippen LogP contribution >= 0.6 is 0 Å². The molecular formula is C7H12N4. The molecule has 0 saturated heterocycles. The van der Waals surface area contributed by atoms with Gasteiger partial charge in [0, 0.05) is 13.6 Å². The summed E-state index contributed by atoms with van der Waals surface area (Å²) >= 11 is 0. The van der Waals surface area contributed by atoms with Gasteiger partial charge in [-0.25, -0.2) is 10.0 Å². The van der Waals surface area contributed by atoms with E-state index in [4.69, 9.17) is 0 Å². The van der Waals surface area contributed by atoms with Gasteiger partial charge in [0.15, 0.2) is 0 Å². The fourth-order valence-electron chi connectivity index (χ4n) is 1.61. The van der Waals surface area contributed by atoms with Crippen molar-refractivity contribution in [2.75, 3.05) is 13.6 Å². The van der Waals surface area contributed by atoms with Crippen molar-refractivity contribution in [2.24, 2.45) is 10.4 Å². The zero-order chi connectivity index (χ0) is 7.84. The Hall–Kier alpha value is -1.06. The van der Waals surface area contributed by atoms with Crippen LogP contribution in [0.4, 0.5) is 0 Å². The average Bonchev–Trinajstić information content (AvgIpc) is 2.34. The van der Waals surface area contributed by atoms with E-state index in [1.165, 1.54) is 24.2 Å². The molecule has 11 heavy (non-hydrogen) atoms. The monoisotopic (exact) mass is 152 g/mol. The highest BCUT2D eigenvalue weighted by Gasteiger charge is 2.25. The fourth-order valence-corrected chi connectivity index (χ4v) is 1.61. The van der Waals surface area contributed by atoms with E-state index in [-0.39, 0.29) is 0 Å². The second kappa shape index (κ2) is 2.22. The zero-order valence-corrected chi connectivity index (χ0v) is 6.91. The highest BCUT2D eigenvalue weighted by atomic mass is 15.8. The molecule has 0 aromatic carbocycles. The molecular weight excluding hydrogens is 140 g/mol. The number of hydrogen-bond acceptors (Lipinski definition) is 4. The summed E-state index contributed by atoms with van der Waals surface area (Å²) in [4.78, 5) is 0. The number of allylic oxidation sites excluding steroid dienone is 1. The molecule has 2 heterocycles. The maximum atomic E-state index is 4.02. The number of rotatable bonds is 0. The van der Waals surface area contributed by atoms with Crippen molar-refractivity contribution in [1.82, 2.24) is 10.0 Å². The Balaban J connectivity index is 2.35. The summed E-state index contributed by atoms with van der Waals surface area (Å²) in [6, 6.07) is 0. The predicted octanol–water partition coefficient (Wildman–Crippen LogP) is 1.54. The average molecular weight is 152 g/mol. The Kier molecular flexibility index (Phi) is 1.34. The van der Waals surface area contributed by atoms with E-state index < -0.39 is 0 Å². The molecule has 0 aromatic heterocycles. The molecule has 0 aliphatic carbocycles. The van der Waals surface area contributed by atoms with E-state index in [2.05, 4.69) is 17.4 Å². The van der Waals surface area contributed by atoms with Crippen LogP contribution in [0.2, 0.25) is 0 Å². The van der Waals surface area contributed by atoms with Crippen molar-refractivity contribution in [3.63, 3.8) is 0 Å². The molecule has 60 valence electrons. The molecule has 0 radical (unpaired) electrons. The van der Waals surface area contributed by atoms with E-state index in [0.29, 0.717) is 0 Å². The van der Waals surface area contributed by atoms with Gasteiger partial charge in [-0.15, -0.1) is 0 Å². The molecule has 2 aliphatic rings. The third-order valence-corrected chi connectivity index (χ3v) is 2.14. The van der Waals surface area contributed by atoms with E-state index in [1.54, 1.807) is 0 Å². The molecule has 0 unspecified atom stereocenters. The molecule has 0 amide bonds. The van der Waals surface area contributed by atoms with Crippen LogP contribution in [0.15, 0.2) is 21.8 Å². The van der Waals surface area contributed by atoms with Gasteiger partial charge in [0.2, 0.25) is 0 Å². The van der Waals surface area contributed by atoms with Gasteiger partial charge in [-0.05, 0) is 35.8 Å². The first-order valence-corrected chi connectivity index (χ1v) is 3.91. The first kappa shape index (κ1) is 6.64. The van der Waals surface area contributed by atoms with Gasteiger partial charge in [0.05, 0.1) is 0 Å². The van der Waals surface area contributed by atoms with Crippen LogP contribution in [-0.2, 0) is 0 Å². The van der Waals surface area contributed by atoms with Gasteiger partial charge < -0.3 is 0 Å². The SMILES string of the molecule is CC1=C2N(C)N=NN2CCC1. The Morgan fingerprint density at radius 3 is 2.91 bits per heavy atom. The van der Waals surface area contributed by atoms with Crippen molar-refractivity contribution < 1.29 is 0 Å². The molecule has 0 N–H and O–H groups in total. The predicted molar refractivity (Wildman–Crippen MR) is 41.3 cm³/mol. The lowest BCUT2D eigenvalue weighted by Crippen LogP contribution is -2.26. The molecule has 4 nitrogen and oxygen atoms in total. The quantitative estimate of drug-likeness (QED) is 0.527. The highest BCUT2D eigenvalue weighted by Crippen LogP contribution is 2.28. The Morgan fingerprint density at radius 2 is 2.18 bits per heavy atom. The number of nitrogens with zero attached hydrogens (tertiary/aromatic N) is 4. The summed E-state index contributed by atoms with van der Waals surface area (Å²) in [5.74, 6) is 1.18. The van der Waals surface area contributed by atoms with Gasteiger partial charge in [0.25, 0.3) is 0 Å². The van der Waals surface area contributed by atoms with Crippen molar-refractivity contribution in [1.29, 1.82) is 0 Å². The maximum Gasteiger partial charge on any atom is 0.147 e. The largest absolute Gasteiger partial charge is 0.231 e. The highest BCUT2D eigenvalue weighted by molar-refractivity contribution is 5.12. The van der Waals surface area contributed by atoms with E-state index in [9.17, 15) is 0 Å². The second-order valence-electron chi connectivity index (χ2n) is 3.03. The van der Waals surface area contributed by atoms with Crippen LogP contribution in [0.1, 0.15) is 19.8 Å². The molecule has 0 atom stereocenters. The molecule has 0 saturated carbocycles. The van der Waals surface area contributed by atoms with Crippen molar-refractivity contribution >= 4 is 0 Å². The summed E-state index contributed by atoms with van der Waals surface area (Å²) < 4.78 is 0. The minimum absolute atomic E-state index is 1.01. The van der Waals surface area contributed by atoms with Crippen molar-refractivity contribution in [2.45, 2.75) is 19.8 Å². The van der Waals surface area contributed by atoms with E-state index in [0.717, 1.165) is 6.54 Å². The third kappa shape index (κ3) is 0.895. The van der Waals surface area contributed by atoms with Crippen LogP contribution in [0.25, 0.3) is 0 Å². The smallest absolute Gasteiger partial charge is 0.147 e. The van der Waals surface area contributed by atoms with E-state index >= 15 is 0 Å². The molecule has 0 bridgehead atoms. The maximum absolute atomic E-state index is 4.02. The summed E-state index contributed by atoms with van der Waals surface area (Å²) in [5, 5.41) is 11.8. The summed E-state index contributed by atoms with van der Waals surface area (Å²) in [5.41, 5.74) is 1.39. The lowest BCUT2D eigenvalue weighted by molar-refractivity contribution is 0.297. The third-order valence-electron chi connectivity index (χ3n) is 2.14. The number of fused-ring (bicyclic) bond motifs is 1. The van der Waals surface area contributed by atoms with Crippen LogP contribution < -0.4 is 0 Å². The molecule has 0 spiro atoms. The summed E-state index contributed by atoms with van der Waals surface area (Å²) in [6.45, 7) is 3.16. The van der Waals surface area contributed by atoms with Gasteiger partial charge in [0.1, 0.15) is 5.82 Å². The van der Waals surface area contributed by atoms with Gasteiger partial charge in [-0.1, -0.05) is 0 Å². The fraction of sp³-hybridized carbons (Fsp3) is 0.714. The first-order valence-electron chi connectivity index (χ1n) is 3.91. The lowest BCUT2D eigenvalue weighted by atomic mass is 10.1. The standard InChI is InChI=1S/C7H12N4/c1-6-4-3-5-11-7(6)10(2)8-9-11/h3-5H2,1-2H3. The van der Waals surface area contributed by atoms with Gasteiger partial charge in [-0.3, -0.25) is 0 Å². The first-order chi connectivity index (χ1) is 5.29. The van der Waals surface area contributed by atoms with Gasteiger partial charge >= 0.3 is 0 Å². The van der Waals surface area contributed by atoms with Crippen LogP contribution in [-0.4, -0.2) is 23.6 Å². The van der Waals surface area contributed by atoms with Crippen LogP contribution in [0.5, 0.6) is 0 Å².